The van der Waals surface area contributed by atoms with Crippen molar-refractivity contribution in [3.8, 4) is 0 Å². The second-order valence-corrected chi connectivity index (χ2v) is 3.01. The molecule has 0 aliphatic heterocycles. The predicted molar refractivity (Wildman–Crippen MR) is 38.5 cm³/mol. The van der Waals surface area contributed by atoms with Crippen LogP contribution in [0, 0.1) is 0 Å². The van der Waals surface area contributed by atoms with Gasteiger partial charge in [-0.1, -0.05) is 5.16 Å². The first kappa shape index (κ1) is 9.39. The van der Waals surface area contributed by atoms with Crippen LogP contribution in [0.15, 0.2) is 5.16 Å². The quantitative estimate of drug-likeness (QED) is 0.316. The first-order chi connectivity index (χ1) is 4.52. The minimum absolute atomic E-state index is 0.420. The third kappa shape index (κ3) is 3.42. The van der Waals surface area contributed by atoms with Crippen LogP contribution in [0.25, 0.3) is 0 Å². The Bertz CT molecular complexity index is 132. The lowest BCUT2D eigenvalue weighted by molar-refractivity contribution is 0.0850. The lowest BCUT2D eigenvalue weighted by Crippen LogP contribution is -2.38. The minimum atomic E-state index is -0.420. The fourth-order valence-corrected chi connectivity index (χ4v) is 0.714. The molecular formula is C6H14N2O2. The third-order valence-electron chi connectivity index (χ3n) is 1.17. The molecule has 0 amide bonds. The molecule has 0 fully saturated rings. The van der Waals surface area contributed by atoms with Gasteiger partial charge in [-0.15, -0.1) is 0 Å². The predicted octanol–water partition coefficient (Wildman–Crippen LogP) is 0.984. The second kappa shape index (κ2) is 3.53. The summed E-state index contributed by atoms with van der Waals surface area (Å²) in [5.41, 5.74) is 2.28. The van der Waals surface area contributed by atoms with Gasteiger partial charge in [0.1, 0.15) is 0 Å². The molecule has 10 heavy (non-hydrogen) atoms. The van der Waals surface area contributed by atoms with Crippen molar-refractivity contribution in [1.29, 1.82) is 0 Å². The van der Waals surface area contributed by atoms with Gasteiger partial charge in [-0.25, -0.2) is 0 Å². The van der Waals surface area contributed by atoms with E-state index >= 15 is 0 Å². The number of rotatable bonds is 3. The number of hydrogen-bond acceptors (Lipinski definition) is 4. The van der Waals surface area contributed by atoms with Crippen LogP contribution >= 0.6 is 0 Å². The van der Waals surface area contributed by atoms with Crippen molar-refractivity contribution in [2.75, 3.05) is 0 Å². The summed E-state index contributed by atoms with van der Waals surface area (Å²) in [6.45, 7) is 5.31. The van der Waals surface area contributed by atoms with Crippen molar-refractivity contribution in [3.05, 3.63) is 0 Å². The number of hydroxylamine groups is 1. The van der Waals surface area contributed by atoms with Crippen molar-refractivity contribution < 1.29 is 10.4 Å². The van der Waals surface area contributed by atoms with Crippen molar-refractivity contribution in [2.45, 2.75) is 32.7 Å². The van der Waals surface area contributed by atoms with Crippen LogP contribution < -0.4 is 5.48 Å². The molecule has 0 aromatic heterocycles. The highest BCUT2D eigenvalue weighted by atomic mass is 16.5. The van der Waals surface area contributed by atoms with Gasteiger partial charge in [-0.3, -0.25) is 0 Å². The van der Waals surface area contributed by atoms with Crippen LogP contribution in [-0.2, 0) is 0 Å². The maximum absolute atomic E-state index is 8.55. The van der Waals surface area contributed by atoms with E-state index in [-0.39, 0.29) is 0 Å². The molecule has 0 radical (unpaired) electrons. The molecule has 0 aliphatic carbocycles. The van der Waals surface area contributed by atoms with Crippen LogP contribution in [0.5, 0.6) is 0 Å². The van der Waals surface area contributed by atoms with E-state index in [1.54, 1.807) is 6.92 Å². The maximum atomic E-state index is 8.55. The van der Waals surface area contributed by atoms with Gasteiger partial charge in [0, 0.05) is 12.0 Å². The SMILES string of the molecule is CC(CC(C)(C)NO)=NO. The standard InChI is InChI=1S/C6H14N2O2/c1-5(7-9)4-6(2,3)8-10/h8-10H,4H2,1-3H3. The molecule has 0 heterocycles. The van der Waals surface area contributed by atoms with Gasteiger partial charge in [-0.2, -0.15) is 5.48 Å². The Morgan fingerprint density at radius 2 is 2.10 bits per heavy atom. The average molecular weight is 146 g/mol. The molecule has 0 unspecified atom stereocenters. The fraction of sp³-hybridized carbons (Fsp3) is 0.833. The minimum Gasteiger partial charge on any atom is -0.411 e. The number of nitrogens with zero attached hydrogens (tertiary/aromatic N) is 1. The fourth-order valence-electron chi connectivity index (χ4n) is 0.714. The van der Waals surface area contributed by atoms with Crippen LogP contribution in [0.1, 0.15) is 27.2 Å². The van der Waals surface area contributed by atoms with Gasteiger partial charge in [0.25, 0.3) is 0 Å². The molecule has 0 bridgehead atoms. The number of nitrogens with one attached hydrogen (secondary N) is 1. The molecule has 60 valence electrons. The van der Waals surface area contributed by atoms with Gasteiger partial charge in [0.05, 0.1) is 5.71 Å². The zero-order valence-electron chi connectivity index (χ0n) is 6.55. The monoisotopic (exact) mass is 146 g/mol. The van der Waals surface area contributed by atoms with Crippen LogP contribution in [0.2, 0.25) is 0 Å². The lowest BCUT2D eigenvalue weighted by Gasteiger charge is -2.21. The molecule has 4 nitrogen and oxygen atoms in total. The van der Waals surface area contributed by atoms with Gasteiger partial charge in [0.15, 0.2) is 0 Å². The summed E-state index contributed by atoms with van der Waals surface area (Å²) < 4.78 is 0. The molecule has 0 aliphatic rings. The Kier molecular flexibility index (Phi) is 3.32. The first-order valence-corrected chi connectivity index (χ1v) is 3.10. The number of hydrogen-bond donors (Lipinski definition) is 3. The maximum Gasteiger partial charge on any atom is 0.0559 e. The highest BCUT2D eigenvalue weighted by Gasteiger charge is 2.17. The zero-order chi connectivity index (χ0) is 8.20. The van der Waals surface area contributed by atoms with Crippen molar-refractivity contribution in [1.82, 2.24) is 5.48 Å². The molecule has 0 aromatic carbocycles. The molecule has 0 spiro atoms. The Balaban J connectivity index is 3.88. The summed E-state index contributed by atoms with van der Waals surface area (Å²) in [5.74, 6) is 0. The van der Waals surface area contributed by atoms with E-state index in [9.17, 15) is 0 Å². The van der Waals surface area contributed by atoms with Gasteiger partial charge in [-0.05, 0) is 20.8 Å². The summed E-state index contributed by atoms with van der Waals surface area (Å²) in [6, 6.07) is 0. The number of oxime groups is 1. The second-order valence-electron chi connectivity index (χ2n) is 3.01. The Morgan fingerprint density at radius 3 is 2.40 bits per heavy atom. The molecular weight excluding hydrogens is 132 g/mol. The third-order valence-corrected chi connectivity index (χ3v) is 1.17. The van der Waals surface area contributed by atoms with E-state index in [1.165, 1.54) is 0 Å². The highest BCUT2D eigenvalue weighted by Crippen LogP contribution is 2.07. The van der Waals surface area contributed by atoms with E-state index in [0.29, 0.717) is 12.1 Å². The van der Waals surface area contributed by atoms with Crippen LogP contribution in [0.4, 0.5) is 0 Å². The van der Waals surface area contributed by atoms with Crippen molar-refractivity contribution >= 4 is 5.71 Å². The van der Waals surface area contributed by atoms with Gasteiger partial charge < -0.3 is 10.4 Å². The molecule has 0 saturated heterocycles. The topological polar surface area (TPSA) is 64.8 Å². The largest absolute Gasteiger partial charge is 0.411 e. The van der Waals surface area contributed by atoms with E-state index < -0.39 is 5.54 Å². The summed E-state index contributed by atoms with van der Waals surface area (Å²) >= 11 is 0. The molecule has 0 aromatic rings. The Labute approximate surface area is 60.5 Å². The molecule has 0 rings (SSSR count). The van der Waals surface area contributed by atoms with E-state index in [1.807, 2.05) is 13.8 Å². The van der Waals surface area contributed by atoms with Crippen molar-refractivity contribution in [2.24, 2.45) is 5.16 Å². The van der Waals surface area contributed by atoms with E-state index in [4.69, 9.17) is 10.4 Å². The normalized spacial score (nSPS) is 13.8. The van der Waals surface area contributed by atoms with E-state index in [0.717, 1.165) is 0 Å². The first-order valence-electron chi connectivity index (χ1n) is 3.10. The smallest absolute Gasteiger partial charge is 0.0559 e. The van der Waals surface area contributed by atoms with Gasteiger partial charge in [0.2, 0.25) is 0 Å². The molecule has 4 heteroatoms. The van der Waals surface area contributed by atoms with Crippen LogP contribution in [-0.4, -0.2) is 21.7 Å². The van der Waals surface area contributed by atoms with Crippen LogP contribution in [0.3, 0.4) is 0 Å². The zero-order valence-corrected chi connectivity index (χ0v) is 6.55. The van der Waals surface area contributed by atoms with E-state index in [2.05, 4.69) is 10.6 Å². The summed E-state index contributed by atoms with van der Waals surface area (Å²) in [6.07, 6.45) is 0.514. The Morgan fingerprint density at radius 1 is 1.60 bits per heavy atom. The summed E-state index contributed by atoms with van der Waals surface area (Å²) in [5, 5.41) is 19.8. The molecule has 0 atom stereocenters. The van der Waals surface area contributed by atoms with Crippen molar-refractivity contribution in [3.63, 3.8) is 0 Å². The molecule has 0 saturated carbocycles. The average Bonchev–Trinajstić information content (AvgIpc) is 1.87. The summed E-state index contributed by atoms with van der Waals surface area (Å²) in [4.78, 5) is 0. The summed E-state index contributed by atoms with van der Waals surface area (Å²) in [7, 11) is 0. The molecule has 3 N–H and O–H groups in total. The van der Waals surface area contributed by atoms with Gasteiger partial charge >= 0.3 is 0 Å². The lowest BCUT2D eigenvalue weighted by atomic mass is 9.99. The highest BCUT2D eigenvalue weighted by molar-refractivity contribution is 5.82. The Hall–Kier alpha value is -0.610.